The number of halogens is 3. The SMILES string of the molecule is CC[C@H](C=O)C(C[N+](=O)[O-])c1ccccc1C(F)(F)F. The van der Waals surface area contributed by atoms with Gasteiger partial charge >= 0.3 is 6.18 Å². The van der Waals surface area contributed by atoms with Crippen molar-refractivity contribution >= 4 is 6.29 Å². The average molecular weight is 289 g/mol. The van der Waals surface area contributed by atoms with Crippen LogP contribution in [0.4, 0.5) is 13.2 Å². The predicted molar refractivity (Wildman–Crippen MR) is 65.9 cm³/mol. The first-order valence-corrected chi connectivity index (χ1v) is 6.04. The molecule has 0 bridgehead atoms. The van der Waals surface area contributed by atoms with E-state index in [0.717, 1.165) is 6.07 Å². The Bertz CT molecular complexity index is 488. The van der Waals surface area contributed by atoms with E-state index in [0.29, 0.717) is 6.29 Å². The minimum Gasteiger partial charge on any atom is -0.303 e. The number of benzene rings is 1. The molecule has 0 aromatic heterocycles. The van der Waals surface area contributed by atoms with Crippen LogP contribution in [0.3, 0.4) is 0 Å². The summed E-state index contributed by atoms with van der Waals surface area (Å²) in [6.07, 6.45) is -3.87. The lowest BCUT2D eigenvalue weighted by Gasteiger charge is -2.22. The standard InChI is InChI=1S/C13H14F3NO3/c1-2-9(8-18)11(7-17(19)20)10-5-3-4-6-12(10)13(14,15)16/h3-6,8-9,11H,2,7H2,1H3/t9-,11?/m1/s1. The first-order valence-electron chi connectivity index (χ1n) is 6.04. The highest BCUT2D eigenvalue weighted by molar-refractivity contribution is 5.56. The largest absolute Gasteiger partial charge is 0.416 e. The van der Waals surface area contributed by atoms with Crippen LogP contribution in [0.2, 0.25) is 0 Å². The maximum Gasteiger partial charge on any atom is 0.416 e. The van der Waals surface area contributed by atoms with Crippen molar-refractivity contribution in [2.75, 3.05) is 6.54 Å². The predicted octanol–water partition coefficient (Wildman–Crippen LogP) is 3.29. The lowest BCUT2D eigenvalue weighted by molar-refractivity contribution is -0.484. The van der Waals surface area contributed by atoms with Gasteiger partial charge in [-0.15, -0.1) is 0 Å². The Hall–Kier alpha value is -1.92. The highest BCUT2D eigenvalue weighted by Crippen LogP contribution is 2.37. The van der Waals surface area contributed by atoms with Crippen LogP contribution in [-0.2, 0) is 11.0 Å². The second-order valence-corrected chi connectivity index (χ2v) is 4.41. The second kappa shape index (κ2) is 6.49. The summed E-state index contributed by atoms with van der Waals surface area (Å²) < 4.78 is 38.9. The molecule has 0 heterocycles. The van der Waals surface area contributed by atoms with Crippen molar-refractivity contribution in [3.8, 4) is 0 Å². The minimum atomic E-state index is -4.60. The Morgan fingerprint density at radius 2 is 1.95 bits per heavy atom. The number of hydrogen-bond acceptors (Lipinski definition) is 3. The fraction of sp³-hybridized carbons (Fsp3) is 0.462. The van der Waals surface area contributed by atoms with Crippen molar-refractivity contribution in [1.82, 2.24) is 0 Å². The van der Waals surface area contributed by atoms with E-state index in [9.17, 15) is 28.1 Å². The highest BCUT2D eigenvalue weighted by atomic mass is 19.4. The van der Waals surface area contributed by atoms with E-state index in [2.05, 4.69) is 0 Å². The molecule has 0 saturated carbocycles. The van der Waals surface area contributed by atoms with Crippen LogP contribution in [0.1, 0.15) is 30.4 Å². The molecule has 1 rings (SSSR count). The summed E-state index contributed by atoms with van der Waals surface area (Å²) in [7, 11) is 0. The molecule has 0 aliphatic heterocycles. The maximum absolute atomic E-state index is 13.0. The van der Waals surface area contributed by atoms with E-state index >= 15 is 0 Å². The van der Waals surface area contributed by atoms with Gasteiger partial charge in [-0.1, -0.05) is 25.1 Å². The number of alkyl halides is 3. The van der Waals surface area contributed by atoms with E-state index in [1.165, 1.54) is 18.2 Å². The normalized spacial score (nSPS) is 14.6. The van der Waals surface area contributed by atoms with Crippen LogP contribution in [0.15, 0.2) is 24.3 Å². The third-order valence-corrected chi connectivity index (χ3v) is 3.17. The van der Waals surface area contributed by atoms with Crippen molar-refractivity contribution < 1.29 is 22.9 Å². The molecule has 7 heteroatoms. The third kappa shape index (κ3) is 3.79. The summed E-state index contributed by atoms with van der Waals surface area (Å²) >= 11 is 0. The zero-order valence-corrected chi connectivity index (χ0v) is 10.8. The van der Waals surface area contributed by atoms with Crippen LogP contribution in [0, 0.1) is 16.0 Å². The van der Waals surface area contributed by atoms with Crippen molar-refractivity contribution in [1.29, 1.82) is 0 Å². The number of carbonyl (C=O) groups excluding carboxylic acids is 1. The zero-order chi connectivity index (χ0) is 15.3. The average Bonchev–Trinajstić information content (AvgIpc) is 2.37. The smallest absolute Gasteiger partial charge is 0.303 e. The molecular formula is C13H14F3NO3. The van der Waals surface area contributed by atoms with E-state index in [4.69, 9.17) is 0 Å². The maximum atomic E-state index is 13.0. The van der Waals surface area contributed by atoms with E-state index < -0.39 is 35.0 Å². The molecule has 4 nitrogen and oxygen atoms in total. The van der Waals surface area contributed by atoms with E-state index in [1.54, 1.807) is 6.92 Å². The van der Waals surface area contributed by atoms with Crippen molar-refractivity contribution in [3.05, 3.63) is 45.5 Å². The van der Waals surface area contributed by atoms with Crippen LogP contribution in [-0.4, -0.2) is 17.8 Å². The molecule has 0 saturated heterocycles. The van der Waals surface area contributed by atoms with Gasteiger partial charge in [-0.2, -0.15) is 13.2 Å². The molecule has 1 aromatic rings. The molecule has 0 spiro atoms. The van der Waals surface area contributed by atoms with E-state index in [1.807, 2.05) is 0 Å². The molecule has 0 N–H and O–H groups in total. The minimum absolute atomic E-state index is 0.198. The van der Waals surface area contributed by atoms with Gasteiger partial charge in [0.1, 0.15) is 6.29 Å². The Morgan fingerprint density at radius 3 is 2.40 bits per heavy atom. The summed E-state index contributed by atoms with van der Waals surface area (Å²) in [4.78, 5) is 21.0. The lowest BCUT2D eigenvalue weighted by Crippen LogP contribution is -2.25. The van der Waals surface area contributed by atoms with Crippen LogP contribution in [0.25, 0.3) is 0 Å². The van der Waals surface area contributed by atoms with Crippen molar-refractivity contribution in [2.24, 2.45) is 5.92 Å². The van der Waals surface area contributed by atoms with Crippen LogP contribution >= 0.6 is 0 Å². The van der Waals surface area contributed by atoms with Crippen molar-refractivity contribution in [3.63, 3.8) is 0 Å². The number of nitrogens with zero attached hydrogens (tertiary/aromatic N) is 1. The summed E-state index contributed by atoms with van der Waals surface area (Å²) in [5.74, 6) is -1.89. The van der Waals surface area contributed by atoms with Gasteiger partial charge in [-0.3, -0.25) is 10.1 Å². The number of nitro groups is 1. The van der Waals surface area contributed by atoms with Gasteiger partial charge in [0.25, 0.3) is 0 Å². The van der Waals surface area contributed by atoms with Gasteiger partial charge in [0.05, 0.1) is 11.5 Å². The van der Waals surface area contributed by atoms with Crippen LogP contribution < -0.4 is 0 Å². The molecule has 0 radical (unpaired) electrons. The quantitative estimate of drug-likeness (QED) is 0.458. The Morgan fingerprint density at radius 1 is 1.35 bits per heavy atom. The van der Waals surface area contributed by atoms with Gasteiger partial charge in [-0.05, 0) is 18.1 Å². The summed E-state index contributed by atoms with van der Waals surface area (Å²) in [6.45, 7) is 0.909. The Balaban J connectivity index is 3.33. The summed E-state index contributed by atoms with van der Waals surface area (Å²) in [5.41, 5.74) is -1.12. The number of rotatable bonds is 6. The monoisotopic (exact) mass is 289 g/mol. The highest BCUT2D eigenvalue weighted by Gasteiger charge is 2.38. The topological polar surface area (TPSA) is 60.2 Å². The first-order chi connectivity index (χ1) is 9.31. The number of hydrogen-bond donors (Lipinski definition) is 0. The number of carbonyl (C=O) groups is 1. The van der Waals surface area contributed by atoms with Crippen LogP contribution in [0.5, 0.6) is 0 Å². The Labute approximate surface area is 113 Å². The zero-order valence-electron chi connectivity index (χ0n) is 10.8. The second-order valence-electron chi connectivity index (χ2n) is 4.41. The molecule has 0 amide bonds. The summed E-state index contributed by atoms with van der Waals surface area (Å²) in [5, 5.41) is 10.7. The first kappa shape index (κ1) is 16.1. The number of aldehydes is 1. The molecule has 2 atom stereocenters. The molecule has 110 valence electrons. The van der Waals surface area contributed by atoms with E-state index in [-0.39, 0.29) is 12.0 Å². The molecule has 0 aliphatic rings. The van der Waals surface area contributed by atoms with Gasteiger partial charge in [0.15, 0.2) is 0 Å². The molecule has 20 heavy (non-hydrogen) atoms. The fourth-order valence-corrected chi connectivity index (χ4v) is 2.18. The Kier molecular flexibility index (Phi) is 5.24. The van der Waals surface area contributed by atoms with Crippen molar-refractivity contribution in [2.45, 2.75) is 25.4 Å². The van der Waals surface area contributed by atoms with Gasteiger partial charge in [-0.25, -0.2) is 0 Å². The fourth-order valence-electron chi connectivity index (χ4n) is 2.18. The molecule has 1 unspecified atom stereocenters. The molecule has 0 fully saturated rings. The van der Waals surface area contributed by atoms with Gasteiger partial charge in [0, 0.05) is 10.8 Å². The molecular weight excluding hydrogens is 275 g/mol. The molecule has 1 aromatic carbocycles. The molecule has 0 aliphatic carbocycles. The lowest BCUT2D eigenvalue weighted by atomic mass is 9.83. The third-order valence-electron chi connectivity index (χ3n) is 3.17. The van der Waals surface area contributed by atoms with Gasteiger partial charge < -0.3 is 4.79 Å². The van der Waals surface area contributed by atoms with Gasteiger partial charge in [0.2, 0.25) is 6.54 Å². The summed E-state index contributed by atoms with van der Waals surface area (Å²) in [6, 6.07) is 4.68.